The van der Waals surface area contributed by atoms with Gasteiger partial charge < -0.3 is 9.30 Å². The minimum absolute atomic E-state index is 0. The minimum Gasteiger partial charge on any atom is -0.509 e. The molecule has 5 nitrogen and oxygen atoms in total. The second-order valence-corrected chi connectivity index (χ2v) is 17.5. The van der Waals surface area contributed by atoms with E-state index in [-0.39, 0.29) is 32.4 Å². The number of benzene rings is 4. The van der Waals surface area contributed by atoms with Crippen molar-refractivity contribution >= 4 is 21.8 Å². The van der Waals surface area contributed by atoms with Gasteiger partial charge in [-0.25, -0.2) is 4.98 Å². The fraction of sp³-hybridized carbons (Fsp3) is 0.360. The maximum absolute atomic E-state index is 6.72. The van der Waals surface area contributed by atoms with Gasteiger partial charge in [0, 0.05) is 34.5 Å². The molecule has 0 aliphatic rings. The first kappa shape index (κ1) is 41.2. The molecule has 0 saturated heterocycles. The van der Waals surface area contributed by atoms with E-state index in [1.54, 1.807) is 0 Å². The van der Waals surface area contributed by atoms with Gasteiger partial charge in [0.25, 0.3) is 0 Å². The minimum atomic E-state index is -0.0124. The quantitative estimate of drug-likeness (QED) is 0.136. The fourth-order valence-corrected chi connectivity index (χ4v) is 7.83. The number of hydrogen-bond donors (Lipinski definition) is 0. The summed E-state index contributed by atoms with van der Waals surface area (Å²) in [6.07, 6.45) is 1.91. The van der Waals surface area contributed by atoms with Crippen molar-refractivity contribution in [3.63, 3.8) is 0 Å². The Morgan fingerprint density at radius 2 is 1.30 bits per heavy atom. The van der Waals surface area contributed by atoms with E-state index in [0.29, 0.717) is 29.3 Å². The second-order valence-electron chi connectivity index (χ2n) is 17.5. The number of nitrogens with zero attached hydrogens (tertiary/aromatic N) is 4. The molecule has 0 spiro atoms. The molecular weight excluding hydrogens is 868 g/mol. The van der Waals surface area contributed by atoms with Crippen LogP contribution in [0.1, 0.15) is 139 Å². The van der Waals surface area contributed by atoms with E-state index in [1.807, 2.05) is 12.3 Å². The first-order valence-corrected chi connectivity index (χ1v) is 20.0. The SMILES string of the molecule is Cc1nn(-c2[c-]c(Oc3[c-]c4c(cc3)c3ccccc3n4-c3cc(C(C)(C)C)ccn3)cc(C(C)C)c2)c(C)c1-c1c(C(C)C)cc(C(C)C)cc1C(C)C.[Pt+2]. The summed E-state index contributed by atoms with van der Waals surface area (Å²) in [6, 6.07) is 33.3. The first-order chi connectivity index (χ1) is 26.0. The maximum atomic E-state index is 6.72. The van der Waals surface area contributed by atoms with Gasteiger partial charge >= 0.3 is 21.1 Å². The van der Waals surface area contributed by atoms with E-state index in [1.165, 1.54) is 33.4 Å². The Kier molecular flexibility index (Phi) is 11.6. The van der Waals surface area contributed by atoms with Crippen molar-refractivity contribution in [1.82, 2.24) is 19.3 Å². The van der Waals surface area contributed by atoms with Gasteiger partial charge in [-0.1, -0.05) is 112 Å². The van der Waals surface area contributed by atoms with Gasteiger partial charge in [-0.3, -0.25) is 4.68 Å². The Hall–Kier alpha value is -4.47. The smallest absolute Gasteiger partial charge is 0.509 e. The molecule has 7 aromatic rings. The van der Waals surface area contributed by atoms with Gasteiger partial charge in [0.05, 0.1) is 5.69 Å². The number of fused-ring (bicyclic) bond motifs is 3. The number of rotatable bonds is 9. The molecule has 0 saturated carbocycles. The van der Waals surface area contributed by atoms with Crippen LogP contribution in [0.4, 0.5) is 0 Å². The average molecular weight is 924 g/mol. The molecule has 0 N–H and O–H groups in total. The normalized spacial score (nSPS) is 12.2. The number of pyridine rings is 1. The number of ether oxygens (including phenoxy) is 1. The molecule has 0 bridgehead atoms. The summed E-state index contributed by atoms with van der Waals surface area (Å²) in [5, 5.41) is 7.46. The summed E-state index contributed by atoms with van der Waals surface area (Å²) in [4.78, 5) is 4.85. The zero-order valence-corrected chi connectivity index (χ0v) is 37.6. The number of aromatic nitrogens is 4. The molecule has 4 aromatic carbocycles. The van der Waals surface area contributed by atoms with Crippen molar-refractivity contribution in [1.29, 1.82) is 0 Å². The number of hydrogen-bond acceptors (Lipinski definition) is 3. The molecule has 0 amide bonds. The largest absolute Gasteiger partial charge is 2.00 e. The molecule has 6 heteroatoms. The second kappa shape index (κ2) is 15.8. The Labute approximate surface area is 348 Å². The molecule has 0 aliphatic carbocycles. The molecule has 7 rings (SSSR count). The third-order valence-corrected chi connectivity index (χ3v) is 11.0. The van der Waals surface area contributed by atoms with E-state index in [0.717, 1.165) is 50.3 Å². The number of aryl methyl sites for hydroxylation is 1. The van der Waals surface area contributed by atoms with Gasteiger partial charge in [0.1, 0.15) is 5.82 Å². The average Bonchev–Trinajstić information content (AvgIpc) is 3.62. The standard InChI is InChI=1S/C50H56N4O.Pt/c1-29(2)35-22-38(54-34(10)48(33(9)52-54)49-43(31(5)6)24-36(30(3)4)25-44(49)32(7)8)27-40(23-35)55-39-18-19-42-41-16-14-15-17-45(41)53(46(42)28-39)47-26-37(20-21-51-47)50(11,12)13;/h14-26,29-32H,1-13H3;/q-2;+2. The summed E-state index contributed by atoms with van der Waals surface area (Å²) in [6.45, 7) is 29.2. The summed E-state index contributed by atoms with van der Waals surface area (Å²) in [5.41, 5.74) is 14.1. The van der Waals surface area contributed by atoms with Crippen LogP contribution in [0, 0.1) is 26.0 Å². The molecule has 0 aliphatic heterocycles. The molecule has 0 fully saturated rings. The van der Waals surface area contributed by atoms with E-state index in [2.05, 4.69) is 178 Å². The number of para-hydroxylation sites is 1. The summed E-state index contributed by atoms with van der Waals surface area (Å²) >= 11 is 0. The van der Waals surface area contributed by atoms with Crippen molar-refractivity contribution in [2.75, 3.05) is 0 Å². The Bertz CT molecular complexity index is 2510. The van der Waals surface area contributed by atoms with Crippen LogP contribution in [0.25, 0.3) is 44.4 Å². The van der Waals surface area contributed by atoms with Crippen molar-refractivity contribution in [3.8, 4) is 34.1 Å². The first-order valence-electron chi connectivity index (χ1n) is 20.0. The maximum Gasteiger partial charge on any atom is 2.00 e. The Morgan fingerprint density at radius 3 is 1.93 bits per heavy atom. The molecule has 292 valence electrons. The third kappa shape index (κ3) is 7.64. The fourth-order valence-electron chi connectivity index (χ4n) is 7.83. The van der Waals surface area contributed by atoms with Gasteiger partial charge in [0.15, 0.2) is 0 Å². The van der Waals surface area contributed by atoms with Gasteiger partial charge in [-0.15, -0.1) is 41.3 Å². The van der Waals surface area contributed by atoms with Crippen molar-refractivity contribution in [2.24, 2.45) is 0 Å². The van der Waals surface area contributed by atoms with Crippen LogP contribution >= 0.6 is 0 Å². The molecule has 56 heavy (non-hydrogen) atoms. The zero-order chi connectivity index (χ0) is 39.5. The third-order valence-electron chi connectivity index (χ3n) is 11.0. The topological polar surface area (TPSA) is 44.9 Å². The van der Waals surface area contributed by atoms with E-state index < -0.39 is 0 Å². The van der Waals surface area contributed by atoms with Crippen molar-refractivity contribution < 1.29 is 25.8 Å². The predicted octanol–water partition coefficient (Wildman–Crippen LogP) is 13.8. The van der Waals surface area contributed by atoms with E-state index >= 15 is 0 Å². The van der Waals surface area contributed by atoms with Crippen LogP contribution < -0.4 is 4.74 Å². The molecule has 0 radical (unpaired) electrons. The molecule has 0 unspecified atom stereocenters. The van der Waals surface area contributed by atoms with Crippen LogP contribution in [0.15, 0.2) is 79.0 Å². The van der Waals surface area contributed by atoms with Crippen LogP contribution in [-0.4, -0.2) is 19.3 Å². The summed E-state index contributed by atoms with van der Waals surface area (Å²) in [5.74, 6) is 3.58. The van der Waals surface area contributed by atoms with Crippen LogP contribution in [0.3, 0.4) is 0 Å². The monoisotopic (exact) mass is 923 g/mol. The van der Waals surface area contributed by atoms with Gasteiger partial charge in [0.2, 0.25) is 0 Å². The van der Waals surface area contributed by atoms with Crippen LogP contribution in [0.2, 0.25) is 0 Å². The van der Waals surface area contributed by atoms with Gasteiger partial charge in [-0.05, 0) is 100 Å². The van der Waals surface area contributed by atoms with Gasteiger partial charge in [-0.2, -0.15) is 11.2 Å². The van der Waals surface area contributed by atoms with E-state index in [9.17, 15) is 0 Å². The summed E-state index contributed by atoms with van der Waals surface area (Å²) < 4.78 is 11.0. The summed E-state index contributed by atoms with van der Waals surface area (Å²) in [7, 11) is 0. The van der Waals surface area contributed by atoms with Crippen LogP contribution in [0.5, 0.6) is 11.5 Å². The molecule has 3 aromatic heterocycles. The molecule has 0 atom stereocenters. The Morgan fingerprint density at radius 1 is 0.661 bits per heavy atom. The van der Waals surface area contributed by atoms with E-state index in [4.69, 9.17) is 14.8 Å². The van der Waals surface area contributed by atoms with Crippen LogP contribution in [-0.2, 0) is 26.5 Å². The molecule has 3 heterocycles. The predicted molar refractivity (Wildman–Crippen MR) is 230 cm³/mol. The molecular formula is C50H56N4OPt. The zero-order valence-electron chi connectivity index (χ0n) is 35.3. The van der Waals surface area contributed by atoms with Crippen molar-refractivity contribution in [2.45, 2.75) is 119 Å². The van der Waals surface area contributed by atoms with Crippen molar-refractivity contribution in [3.05, 3.63) is 130 Å². The Balaban J connectivity index is 0.00000532.